The Hall–Kier alpha value is -2.05. The van der Waals surface area contributed by atoms with Crippen molar-refractivity contribution in [1.29, 1.82) is 0 Å². The van der Waals surface area contributed by atoms with Crippen LogP contribution in [0.4, 0.5) is 4.39 Å². The van der Waals surface area contributed by atoms with E-state index in [1.54, 1.807) is 24.4 Å². The van der Waals surface area contributed by atoms with Crippen LogP contribution in [0.15, 0.2) is 47.5 Å². The summed E-state index contributed by atoms with van der Waals surface area (Å²) in [5.74, 6) is -0.285. The molecule has 2 aliphatic rings. The molecule has 1 aromatic heterocycles. The molecule has 0 unspecified atom stereocenters. The summed E-state index contributed by atoms with van der Waals surface area (Å²) in [6.07, 6.45) is 7.88. The molecule has 1 saturated carbocycles. The molecule has 0 atom stereocenters. The molecule has 1 heterocycles. The van der Waals surface area contributed by atoms with Gasteiger partial charge in [0.1, 0.15) is 10.7 Å². The van der Waals surface area contributed by atoms with Crippen LogP contribution in [0, 0.1) is 11.2 Å². The third-order valence-electron chi connectivity index (χ3n) is 5.69. The standard InChI is InChI=1S/C20H21FN2O2S/c21-15-7-5-14(6-8-15)16-12-20(9-1-2-10-20)13-17(16)19-18(26(22,24)25)4-3-11-23-19/h3-8,11H,1-2,9-10,12-13H2,(H2,22,24,25). The fraction of sp³-hybridized carbons (Fsp3) is 0.350. The van der Waals surface area contributed by atoms with Gasteiger partial charge in [0.15, 0.2) is 0 Å². The molecule has 4 nitrogen and oxygen atoms in total. The van der Waals surface area contributed by atoms with Crippen molar-refractivity contribution in [2.75, 3.05) is 0 Å². The SMILES string of the molecule is NS(=O)(=O)c1cccnc1C1=C(c2ccc(F)cc2)CC2(CCCC2)C1. The lowest BCUT2D eigenvalue weighted by Crippen LogP contribution is -2.16. The van der Waals surface area contributed by atoms with Crippen molar-refractivity contribution >= 4 is 21.2 Å². The van der Waals surface area contributed by atoms with Gasteiger partial charge >= 0.3 is 0 Å². The zero-order chi connectivity index (χ0) is 18.4. The molecular formula is C20H21FN2O2S. The van der Waals surface area contributed by atoms with E-state index in [0.29, 0.717) is 5.69 Å². The number of hydrogen-bond donors (Lipinski definition) is 1. The highest BCUT2D eigenvalue weighted by Crippen LogP contribution is 2.57. The number of benzene rings is 1. The lowest BCUT2D eigenvalue weighted by Gasteiger charge is -2.23. The third kappa shape index (κ3) is 3.08. The zero-order valence-electron chi connectivity index (χ0n) is 14.4. The molecular weight excluding hydrogens is 351 g/mol. The van der Waals surface area contributed by atoms with Crippen LogP contribution in [0.1, 0.15) is 49.8 Å². The Morgan fingerprint density at radius 2 is 1.65 bits per heavy atom. The van der Waals surface area contributed by atoms with Crippen LogP contribution in [0.2, 0.25) is 0 Å². The van der Waals surface area contributed by atoms with Gasteiger partial charge in [0.25, 0.3) is 0 Å². The molecule has 4 rings (SSSR count). The Morgan fingerprint density at radius 1 is 1.00 bits per heavy atom. The zero-order valence-corrected chi connectivity index (χ0v) is 15.2. The summed E-state index contributed by atoms with van der Waals surface area (Å²) >= 11 is 0. The molecule has 0 saturated heterocycles. The number of halogens is 1. The molecule has 0 radical (unpaired) electrons. The first-order valence-corrected chi connectivity index (χ1v) is 10.4. The quantitative estimate of drug-likeness (QED) is 0.880. The van der Waals surface area contributed by atoms with E-state index in [-0.39, 0.29) is 16.1 Å². The smallest absolute Gasteiger partial charge is 0.240 e. The molecule has 2 aliphatic carbocycles. The van der Waals surface area contributed by atoms with E-state index < -0.39 is 10.0 Å². The summed E-state index contributed by atoms with van der Waals surface area (Å²) in [5.41, 5.74) is 3.53. The minimum Gasteiger partial charge on any atom is -0.255 e. The third-order valence-corrected chi connectivity index (χ3v) is 6.63. The van der Waals surface area contributed by atoms with Gasteiger partial charge in [0.2, 0.25) is 10.0 Å². The number of allylic oxidation sites excluding steroid dienone is 2. The lowest BCUT2D eigenvalue weighted by molar-refractivity contribution is 0.329. The summed E-state index contributed by atoms with van der Waals surface area (Å²) < 4.78 is 37.5. The number of nitrogens with zero attached hydrogens (tertiary/aromatic N) is 1. The predicted molar refractivity (Wildman–Crippen MR) is 99.0 cm³/mol. The molecule has 2 aromatic rings. The van der Waals surface area contributed by atoms with Gasteiger partial charge in [0.05, 0.1) is 5.69 Å². The number of rotatable bonds is 3. The summed E-state index contributed by atoms with van der Waals surface area (Å²) in [6, 6.07) is 9.50. The van der Waals surface area contributed by atoms with Crippen molar-refractivity contribution in [2.24, 2.45) is 10.6 Å². The first kappa shape index (κ1) is 17.4. The average Bonchev–Trinajstić information content (AvgIpc) is 3.22. The normalized spacial score (nSPS) is 19.5. The van der Waals surface area contributed by atoms with E-state index in [2.05, 4.69) is 4.98 Å². The monoisotopic (exact) mass is 372 g/mol. The summed E-state index contributed by atoms with van der Waals surface area (Å²) in [7, 11) is -3.87. The second-order valence-electron chi connectivity index (χ2n) is 7.42. The Balaban J connectivity index is 1.90. The molecule has 1 aromatic carbocycles. The average molecular weight is 372 g/mol. The fourth-order valence-corrected chi connectivity index (χ4v) is 5.22. The van der Waals surface area contributed by atoms with E-state index in [4.69, 9.17) is 5.14 Å². The fourth-order valence-electron chi connectivity index (χ4n) is 4.51. The summed E-state index contributed by atoms with van der Waals surface area (Å²) in [6.45, 7) is 0. The first-order chi connectivity index (χ1) is 12.4. The van der Waals surface area contributed by atoms with Crippen LogP contribution in [0.3, 0.4) is 0 Å². The minimum atomic E-state index is -3.87. The highest BCUT2D eigenvalue weighted by atomic mass is 32.2. The molecule has 26 heavy (non-hydrogen) atoms. The Bertz CT molecular complexity index is 975. The Kier molecular flexibility index (Phi) is 4.20. The van der Waals surface area contributed by atoms with E-state index in [9.17, 15) is 12.8 Å². The van der Waals surface area contributed by atoms with E-state index >= 15 is 0 Å². The van der Waals surface area contributed by atoms with Crippen molar-refractivity contribution in [3.63, 3.8) is 0 Å². The maximum Gasteiger partial charge on any atom is 0.240 e. The summed E-state index contributed by atoms with van der Waals surface area (Å²) in [5, 5.41) is 5.43. The molecule has 6 heteroatoms. The Morgan fingerprint density at radius 3 is 2.31 bits per heavy atom. The number of hydrogen-bond acceptors (Lipinski definition) is 3. The summed E-state index contributed by atoms with van der Waals surface area (Å²) in [4.78, 5) is 4.44. The minimum absolute atomic E-state index is 0.0599. The van der Waals surface area contributed by atoms with Gasteiger partial charge in [0, 0.05) is 6.20 Å². The molecule has 0 bridgehead atoms. The van der Waals surface area contributed by atoms with Gasteiger partial charge in [-0.15, -0.1) is 0 Å². The molecule has 0 amide bonds. The molecule has 136 valence electrons. The number of aromatic nitrogens is 1. The molecule has 1 spiro atoms. The predicted octanol–water partition coefficient (Wildman–Crippen LogP) is 4.13. The number of nitrogens with two attached hydrogens (primary N) is 1. The van der Waals surface area contributed by atoms with Gasteiger partial charge in [-0.1, -0.05) is 25.0 Å². The first-order valence-electron chi connectivity index (χ1n) is 8.84. The maximum absolute atomic E-state index is 13.4. The Labute approximate surface area is 153 Å². The highest BCUT2D eigenvalue weighted by molar-refractivity contribution is 7.89. The van der Waals surface area contributed by atoms with Crippen molar-refractivity contribution in [1.82, 2.24) is 4.98 Å². The van der Waals surface area contributed by atoms with Crippen LogP contribution < -0.4 is 5.14 Å². The van der Waals surface area contributed by atoms with Gasteiger partial charge in [-0.3, -0.25) is 4.98 Å². The van der Waals surface area contributed by atoms with Gasteiger partial charge in [-0.25, -0.2) is 17.9 Å². The van der Waals surface area contributed by atoms with Crippen LogP contribution in [0.5, 0.6) is 0 Å². The van der Waals surface area contributed by atoms with Crippen molar-refractivity contribution < 1.29 is 12.8 Å². The maximum atomic E-state index is 13.4. The highest BCUT2D eigenvalue weighted by Gasteiger charge is 2.42. The van der Waals surface area contributed by atoms with Gasteiger partial charge in [-0.05, 0) is 72.1 Å². The molecule has 1 fully saturated rings. The van der Waals surface area contributed by atoms with Crippen LogP contribution in [-0.2, 0) is 10.0 Å². The second-order valence-corrected chi connectivity index (χ2v) is 8.95. The van der Waals surface area contributed by atoms with Crippen LogP contribution >= 0.6 is 0 Å². The van der Waals surface area contributed by atoms with Crippen molar-refractivity contribution in [3.8, 4) is 0 Å². The van der Waals surface area contributed by atoms with Crippen LogP contribution in [-0.4, -0.2) is 13.4 Å². The van der Waals surface area contributed by atoms with Crippen molar-refractivity contribution in [2.45, 2.75) is 43.4 Å². The largest absolute Gasteiger partial charge is 0.255 e. The van der Waals surface area contributed by atoms with Gasteiger partial charge < -0.3 is 0 Å². The van der Waals surface area contributed by atoms with E-state index in [1.807, 2.05) is 0 Å². The lowest BCUT2D eigenvalue weighted by atomic mass is 9.81. The molecule has 2 N–H and O–H groups in total. The van der Waals surface area contributed by atoms with E-state index in [0.717, 1.165) is 42.4 Å². The van der Waals surface area contributed by atoms with Crippen LogP contribution in [0.25, 0.3) is 11.1 Å². The van der Waals surface area contributed by atoms with Gasteiger partial charge in [-0.2, -0.15) is 0 Å². The number of sulfonamides is 1. The van der Waals surface area contributed by atoms with Crippen molar-refractivity contribution in [3.05, 3.63) is 59.7 Å². The second kappa shape index (κ2) is 6.28. The number of pyridine rings is 1. The topological polar surface area (TPSA) is 73.1 Å². The number of primary sulfonamides is 1. The van der Waals surface area contributed by atoms with E-state index in [1.165, 1.54) is 31.0 Å². The molecule has 0 aliphatic heterocycles.